The summed E-state index contributed by atoms with van der Waals surface area (Å²) in [6.07, 6.45) is 5.24. The van der Waals surface area contributed by atoms with Crippen LogP contribution in [0, 0.1) is 13.8 Å². The van der Waals surface area contributed by atoms with Gasteiger partial charge >= 0.3 is 0 Å². The van der Waals surface area contributed by atoms with Gasteiger partial charge in [0.15, 0.2) is 11.6 Å². The molecule has 0 radical (unpaired) electrons. The summed E-state index contributed by atoms with van der Waals surface area (Å²) in [5, 5.41) is 4.18. The first-order valence-corrected chi connectivity index (χ1v) is 14.7. The molecule has 4 heterocycles. The van der Waals surface area contributed by atoms with Gasteiger partial charge in [0.2, 0.25) is 5.95 Å². The highest BCUT2D eigenvalue weighted by Crippen LogP contribution is 2.32. The standard InChI is InChI=1S/C28H32ClN7O3S/c1-15-12-19(17(3)31-21-6-7-22(29)32-24(21)25(37)34-40-5)23-20(13-15)27(38)35(4)28(33-23)36-10-8-18(9-11-36)26-30-14-16(2)39-26/h6-7,12-14,17-18,31H,8-11H2,1-5H3,(H,34,37). The minimum absolute atomic E-state index is 0.101. The fraction of sp³-hybridized carbons (Fsp3) is 0.393. The first kappa shape index (κ1) is 28.0. The molecule has 1 saturated heterocycles. The molecule has 10 nitrogen and oxygen atoms in total. The minimum atomic E-state index is -0.351. The number of rotatable bonds is 7. The first-order valence-electron chi connectivity index (χ1n) is 13.1. The molecule has 1 amide bonds. The number of piperidine rings is 1. The van der Waals surface area contributed by atoms with Crippen LogP contribution in [0.5, 0.6) is 0 Å². The summed E-state index contributed by atoms with van der Waals surface area (Å²) < 4.78 is 10.1. The Labute approximate surface area is 241 Å². The van der Waals surface area contributed by atoms with Gasteiger partial charge in [-0.1, -0.05) is 29.6 Å². The number of benzene rings is 1. The van der Waals surface area contributed by atoms with Gasteiger partial charge in [0.05, 0.1) is 28.8 Å². The summed E-state index contributed by atoms with van der Waals surface area (Å²) in [5.74, 6) is 2.11. The maximum absolute atomic E-state index is 13.6. The highest BCUT2D eigenvalue weighted by Gasteiger charge is 2.27. The fourth-order valence-electron chi connectivity index (χ4n) is 5.22. The smallest absolute Gasteiger partial charge is 0.281 e. The summed E-state index contributed by atoms with van der Waals surface area (Å²) >= 11 is 7.28. The molecular weight excluding hydrogens is 550 g/mol. The molecule has 1 unspecified atom stereocenters. The lowest BCUT2D eigenvalue weighted by atomic mass is 9.97. The molecule has 0 aliphatic carbocycles. The Hall–Kier alpha value is -3.57. The summed E-state index contributed by atoms with van der Waals surface area (Å²) in [6, 6.07) is 6.98. The van der Waals surface area contributed by atoms with Gasteiger partial charge in [-0.25, -0.2) is 15.0 Å². The summed E-state index contributed by atoms with van der Waals surface area (Å²) in [4.78, 5) is 42.1. The molecule has 1 atom stereocenters. The van der Waals surface area contributed by atoms with E-state index >= 15 is 0 Å². The highest BCUT2D eigenvalue weighted by atomic mass is 35.5. The molecule has 0 bridgehead atoms. The van der Waals surface area contributed by atoms with E-state index in [1.807, 2.05) is 32.9 Å². The van der Waals surface area contributed by atoms with Crippen LogP contribution in [0.15, 0.2) is 39.7 Å². The van der Waals surface area contributed by atoms with Crippen LogP contribution >= 0.6 is 23.5 Å². The number of amides is 1. The SMILES string of the molecule is CSNC(=O)c1nc(Cl)ccc1NC(C)c1cc(C)cc2c(=O)n(C)c(N3CCC(c4ncc(C)o4)CC3)nc12. The van der Waals surface area contributed by atoms with E-state index in [-0.39, 0.29) is 34.3 Å². The van der Waals surface area contributed by atoms with E-state index in [4.69, 9.17) is 21.0 Å². The predicted octanol–water partition coefficient (Wildman–Crippen LogP) is 5.15. The van der Waals surface area contributed by atoms with Crippen LogP contribution in [-0.4, -0.2) is 44.8 Å². The normalized spacial score (nSPS) is 14.9. The van der Waals surface area contributed by atoms with E-state index in [9.17, 15) is 9.59 Å². The van der Waals surface area contributed by atoms with Crippen molar-refractivity contribution in [2.75, 3.05) is 29.6 Å². The number of anilines is 2. The Morgan fingerprint density at radius 1 is 1.20 bits per heavy atom. The average molecular weight is 582 g/mol. The second kappa shape index (κ2) is 11.5. The van der Waals surface area contributed by atoms with Crippen molar-refractivity contribution < 1.29 is 9.21 Å². The number of oxazole rings is 1. The lowest BCUT2D eigenvalue weighted by Crippen LogP contribution is -2.37. The number of carbonyl (C=O) groups excluding carboxylic acids is 1. The zero-order chi connectivity index (χ0) is 28.6. The molecule has 12 heteroatoms. The van der Waals surface area contributed by atoms with Gasteiger partial charge in [-0.05, 0) is 57.4 Å². The number of hydrogen-bond donors (Lipinski definition) is 2. The number of nitrogens with one attached hydrogen (secondary N) is 2. The van der Waals surface area contributed by atoms with E-state index < -0.39 is 0 Å². The van der Waals surface area contributed by atoms with E-state index in [1.54, 1.807) is 36.2 Å². The van der Waals surface area contributed by atoms with Gasteiger partial charge < -0.3 is 14.6 Å². The van der Waals surface area contributed by atoms with Gasteiger partial charge in [-0.3, -0.25) is 18.9 Å². The Kier molecular flexibility index (Phi) is 8.04. The van der Waals surface area contributed by atoms with Crippen LogP contribution in [-0.2, 0) is 7.05 Å². The van der Waals surface area contributed by atoms with E-state index in [2.05, 4.69) is 24.9 Å². The van der Waals surface area contributed by atoms with E-state index in [0.29, 0.717) is 22.5 Å². The van der Waals surface area contributed by atoms with Crippen LogP contribution in [0.2, 0.25) is 5.15 Å². The number of pyridine rings is 1. The van der Waals surface area contributed by atoms with Crippen LogP contribution in [0.25, 0.3) is 10.9 Å². The number of carbonyl (C=O) groups is 1. The predicted molar refractivity (Wildman–Crippen MR) is 159 cm³/mol. The second-order valence-corrected chi connectivity index (χ2v) is 11.1. The third kappa shape index (κ3) is 5.53. The Morgan fingerprint density at radius 3 is 2.62 bits per heavy atom. The number of aromatic nitrogens is 4. The van der Waals surface area contributed by atoms with E-state index in [1.165, 1.54) is 11.9 Å². The van der Waals surface area contributed by atoms with Crippen LogP contribution in [0.1, 0.15) is 65.0 Å². The molecule has 1 aliphatic rings. The van der Waals surface area contributed by atoms with Crippen molar-refractivity contribution in [2.24, 2.45) is 7.05 Å². The third-order valence-corrected chi connectivity index (χ3v) is 7.81. The molecule has 3 aromatic heterocycles. The quantitative estimate of drug-likeness (QED) is 0.225. The van der Waals surface area contributed by atoms with Crippen molar-refractivity contribution in [3.63, 3.8) is 0 Å². The average Bonchev–Trinajstić information content (AvgIpc) is 3.38. The molecule has 5 rings (SSSR count). The van der Waals surface area contributed by atoms with Gasteiger partial charge in [-0.2, -0.15) is 0 Å². The molecule has 1 fully saturated rings. The van der Waals surface area contributed by atoms with Gasteiger partial charge in [0, 0.05) is 37.9 Å². The molecule has 40 heavy (non-hydrogen) atoms. The van der Waals surface area contributed by atoms with Crippen molar-refractivity contribution in [3.8, 4) is 0 Å². The molecule has 0 spiro atoms. The zero-order valence-corrected chi connectivity index (χ0v) is 24.7. The molecule has 2 N–H and O–H groups in total. The van der Waals surface area contributed by atoms with Crippen molar-refractivity contribution in [3.05, 3.63) is 74.4 Å². The molecular formula is C28H32ClN7O3S. The lowest BCUT2D eigenvalue weighted by molar-refractivity contribution is 0.0980. The van der Waals surface area contributed by atoms with E-state index in [0.717, 1.165) is 48.7 Å². The van der Waals surface area contributed by atoms with Crippen molar-refractivity contribution >= 4 is 52.0 Å². The lowest BCUT2D eigenvalue weighted by Gasteiger charge is -2.32. The zero-order valence-electron chi connectivity index (χ0n) is 23.1. The van der Waals surface area contributed by atoms with Crippen molar-refractivity contribution in [2.45, 2.75) is 45.6 Å². The second-order valence-electron chi connectivity index (χ2n) is 10.1. The maximum atomic E-state index is 13.6. The maximum Gasteiger partial charge on any atom is 0.281 e. The molecule has 4 aromatic rings. The summed E-state index contributed by atoms with van der Waals surface area (Å²) in [5.41, 5.74) is 3.05. The van der Waals surface area contributed by atoms with Crippen LogP contribution in [0.4, 0.5) is 11.6 Å². The highest BCUT2D eigenvalue weighted by molar-refractivity contribution is 7.97. The van der Waals surface area contributed by atoms with Crippen molar-refractivity contribution in [1.29, 1.82) is 0 Å². The molecule has 0 saturated carbocycles. The fourth-order valence-corrected chi connectivity index (χ4v) is 5.65. The minimum Gasteiger partial charge on any atom is -0.446 e. The van der Waals surface area contributed by atoms with Crippen molar-refractivity contribution in [1.82, 2.24) is 24.2 Å². The Morgan fingerprint density at radius 2 is 1.95 bits per heavy atom. The first-order chi connectivity index (χ1) is 19.2. The molecule has 1 aliphatic heterocycles. The largest absolute Gasteiger partial charge is 0.446 e. The van der Waals surface area contributed by atoms with Gasteiger partial charge in [0.1, 0.15) is 10.9 Å². The Balaban J connectivity index is 1.49. The number of fused-ring (bicyclic) bond motifs is 1. The topological polar surface area (TPSA) is 118 Å². The third-order valence-electron chi connectivity index (χ3n) is 7.21. The number of aryl methyl sites for hydroxylation is 2. The Bertz CT molecular complexity index is 1630. The van der Waals surface area contributed by atoms with Gasteiger partial charge in [0.25, 0.3) is 11.5 Å². The summed E-state index contributed by atoms with van der Waals surface area (Å²) in [6.45, 7) is 7.30. The van der Waals surface area contributed by atoms with Crippen LogP contribution in [0.3, 0.4) is 0 Å². The van der Waals surface area contributed by atoms with Gasteiger partial charge in [-0.15, -0.1) is 0 Å². The number of nitrogens with zero attached hydrogens (tertiary/aromatic N) is 5. The monoisotopic (exact) mass is 581 g/mol. The summed E-state index contributed by atoms with van der Waals surface area (Å²) in [7, 11) is 1.77. The van der Waals surface area contributed by atoms with Crippen LogP contribution < -0.4 is 20.5 Å². The molecule has 1 aromatic carbocycles. The molecule has 210 valence electrons. The number of hydrogen-bond acceptors (Lipinski definition) is 9. The number of halogens is 1.